The Morgan fingerprint density at radius 2 is 0.357 bits per heavy atom. The second-order valence-corrected chi connectivity index (χ2v) is 3.00. The summed E-state index contributed by atoms with van der Waals surface area (Å²) in [6.07, 6.45) is 0. The Labute approximate surface area is 177 Å². The van der Waals surface area contributed by atoms with Gasteiger partial charge in [-0.2, -0.15) is 0 Å². The van der Waals surface area contributed by atoms with Crippen LogP contribution in [-0.4, -0.2) is 18.1 Å². The summed E-state index contributed by atoms with van der Waals surface area (Å²) in [5.41, 5.74) is 0. The molecule has 80 valence electrons. The molecule has 14 heteroatoms. The molecular formula is O8Si2U4-8. The molecule has 0 fully saturated rings. The van der Waals surface area contributed by atoms with Crippen molar-refractivity contribution in [3.05, 3.63) is 0 Å². The summed E-state index contributed by atoms with van der Waals surface area (Å²) in [7, 11) is -11.2. The first-order chi connectivity index (χ1) is 4.00. The van der Waals surface area contributed by atoms with Crippen molar-refractivity contribution >= 4 is 18.1 Å². The van der Waals surface area contributed by atoms with Crippen LogP contribution >= 0.6 is 0 Å². The predicted octanol–water partition coefficient (Wildman–Crippen LogP) is -10.3. The van der Waals surface area contributed by atoms with Crippen molar-refractivity contribution in [3.63, 3.8) is 0 Å². The molecule has 0 amide bonds. The van der Waals surface area contributed by atoms with Crippen molar-refractivity contribution in [1.82, 2.24) is 0 Å². The van der Waals surface area contributed by atoms with E-state index in [0.717, 1.165) is 0 Å². The molecule has 0 aliphatic rings. The monoisotopic (exact) mass is 1140 g/mol. The van der Waals surface area contributed by atoms with Gasteiger partial charge in [-0.1, -0.05) is 0 Å². The van der Waals surface area contributed by atoms with Crippen molar-refractivity contribution in [3.8, 4) is 0 Å². The summed E-state index contributed by atoms with van der Waals surface area (Å²) in [5.74, 6) is 0. The van der Waals surface area contributed by atoms with E-state index in [1.54, 1.807) is 0 Å². The topological polar surface area (TPSA) is 184 Å². The van der Waals surface area contributed by atoms with Crippen molar-refractivity contribution in [2.75, 3.05) is 0 Å². The fourth-order valence-corrected chi connectivity index (χ4v) is 0. The van der Waals surface area contributed by atoms with Gasteiger partial charge in [-0.3, -0.25) is 0 Å². The molecule has 8 nitrogen and oxygen atoms in total. The molecule has 0 bridgehead atoms. The number of rotatable bonds is 0. The van der Waals surface area contributed by atoms with Gasteiger partial charge in [-0.15, -0.1) is 0 Å². The van der Waals surface area contributed by atoms with Gasteiger partial charge in [0.15, 0.2) is 0 Å². The Balaban J connectivity index is -0.0000000178. The Morgan fingerprint density at radius 3 is 0.357 bits per heavy atom. The summed E-state index contributed by atoms with van der Waals surface area (Å²) >= 11 is 0. The van der Waals surface area contributed by atoms with Crippen LogP contribution in [0.1, 0.15) is 0 Å². The molecule has 0 aromatic rings. The first-order valence-corrected chi connectivity index (χ1v) is 4.90. The van der Waals surface area contributed by atoms with E-state index in [2.05, 4.69) is 0 Å². The van der Waals surface area contributed by atoms with E-state index in [4.69, 9.17) is 38.4 Å². The predicted molar refractivity (Wildman–Crippen MR) is 11.5 cm³/mol. The summed E-state index contributed by atoms with van der Waals surface area (Å²) in [6.45, 7) is 0. The summed E-state index contributed by atoms with van der Waals surface area (Å²) in [4.78, 5) is 68.6. The zero-order chi connectivity index (χ0) is 9.00. The van der Waals surface area contributed by atoms with Crippen LogP contribution in [0.4, 0.5) is 0 Å². The maximum atomic E-state index is 8.58. The average Bonchev–Trinajstić information content (AvgIpc) is 1.12. The molecule has 0 atom stereocenters. The van der Waals surface area contributed by atoms with E-state index in [1.165, 1.54) is 0 Å². The summed E-state index contributed by atoms with van der Waals surface area (Å²) in [6, 6.07) is 0. The number of hydrogen-bond donors (Lipinski definition) is 0. The van der Waals surface area contributed by atoms with Gasteiger partial charge in [-0.25, -0.2) is 0 Å². The largest absolute Gasteiger partial charge is 0.894 e. The number of hydrogen-bond acceptors (Lipinski definition) is 8. The minimum atomic E-state index is -5.61. The third kappa shape index (κ3) is 205. The fraction of sp³-hybridized carbons (Fsp3) is 0. The summed E-state index contributed by atoms with van der Waals surface area (Å²) in [5, 5.41) is 0. The Hall–Kier alpha value is 4.32. The molecule has 0 spiro atoms. The maximum absolute atomic E-state index is 8.58. The van der Waals surface area contributed by atoms with E-state index < -0.39 is 18.1 Å². The Morgan fingerprint density at radius 1 is 0.357 bits per heavy atom. The van der Waals surface area contributed by atoms with Crippen LogP contribution in [0.2, 0.25) is 0 Å². The van der Waals surface area contributed by atoms with Gasteiger partial charge in [0.25, 0.3) is 0 Å². The molecule has 14 heavy (non-hydrogen) atoms. The molecule has 0 aromatic carbocycles. The Bertz CT molecular complexity index is 62.3. The van der Waals surface area contributed by atoms with Crippen LogP contribution < -0.4 is 38.4 Å². The minimum absolute atomic E-state index is 0. The smallest absolute Gasteiger partial charge is 0 e. The van der Waals surface area contributed by atoms with Crippen LogP contribution in [0.15, 0.2) is 0 Å². The third-order valence-electron chi connectivity index (χ3n) is 0. The maximum Gasteiger partial charge on any atom is 0 e. The van der Waals surface area contributed by atoms with Gasteiger partial charge in [-0.05, 0) is 0 Å². The molecule has 0 aliphatic heterocycles. The quantitative estimate of drug-likeness (QED) is 0.215. The molecule has 0 aromatic heterocycles. The SMILES string of the molecule is [O-][Si]([O-])([O-])[O-].[O-][Si]([O-])([O-])[O-].[U].[U].[U].[U]. The first-order valence-electron chi connectivity index (χ1n) is 1.63. The van der Waals surface area contributed by atoms with Crippen LogP contribution in [0.25, 0.3) is 0 Å². The normalized spacial score (nSPS) is 8.57. The molecule has 0 saturated heterocycles. The van der Waals surface area contributed by atoms with E-state index in [-0.39, 0.29) is 124 Å². The standard InChI is InChI=1S/2O4Si.4U/c2*1-5(2,3)4;;;;/q2*-4;;;;. The molecule has 0 unspecified atom stereocenters. The molecule has 0 rings (SSSR count). The zero-order valence-electron chi connectivity index (χ0n) is 6.27. The fourth-order valence-electron chi connectivity index (χ4n) is 0. The van der Waals surface area contributed by atoms with E-state index in [1.807, 2.05) is 0 Å². The van der Waals surface area contributed by atoms with Gasteiger partial charge >= 0.3 is 0 Å². The summed E-state index contributed by atoms with van der Waals surface area (Å²) < 4.78 is 0. The van der Waals surface area contributed by atoms with Crippen molar-refractivity contribution in [1.29, 1.82) is 0 Å². The van der Waals surface area contributed by atoms with Crippen molar-refractivity contribution in [2.24, 2.45) is 0 Å². The second-order valence-electron chi connectivity index (χ2n) is 1.00. The van der Waals surface area contributed by atoms with Crippen LogP contribution in [-0.2, 0) is 0 Å². The van der Waals surface area contributed by atoms with Gasteiger partial charge in [0.05, 0.1) is 0 Å². The van der Waals surface area contributed by atoms with E-state index in [0.29, 0.717) is 0 Å². The molecule has 0 saturated carbocycles. The molecule has 0 radical (unpaired) electrons. The van der Waals surface area contributed by atoms with Gasteiger partial charge in [0.2, 0.25) is 0 Å². The van der Waals surface area contributed by atoms with Gasteiger partial charge in [0.1, 0.15) is 0 Å². The Kier molecular flexibility index (Phi) is 44.8. The molecule has 0 heterocycles. The molecule has 0 N–H and O–H groups in total. The zero-order valence-corrected chi connectivity index (χ0v) is 24.9. The van der Waals surface area contributed by atoms with Gasteiger partial charge < -0.3 is 56.5 Å². The van der Waals surface area contributed by atoms with E-state index in [9.17, 15) is 0 Å². The van der Waals surface area contributed by atoms with Crippen LogP contribution in [0.3, 0.4) is 0 Å². The molecule has 0 aliphatic carbocycles. The third-order valence-corrected chi connectivity index (χ3v) is 0. The molecular weight excluding hydrogens is 1140 g/mol. The van der Waals surface area contributed by atoms with Crippen LogP contribution in [0, 0.1) is 124 Å². The van der Waals surface area contributed by atoms with Crippen molar-refractivity contribution < 1.29 is 163 Å². The van der Waals surface area contributed by atoms with Gasteiger partial charge in [0, 0.05) is 124 Å². The van der Waals surface area contributed by atoms with Crippen molar-refractivity contribution in [2.45, 2.75) is 0 Å². The van der Waals surface area contributed by atoms with Crippen LogP contribution in [0.5, 0.6) is 0 Å². The first kappa shape index (κ1) is 36.2. The minimum Gasteiger partial charge on any atom is -0.894 e. The second kappa shape index (κ2) is 17.3. The average molecular weight is 1140 g/mol. The van der Waals surface area contributed by atoms with E-state index >= 15 is 0 Å².